The summed E-state index contributed by atoms with van der Waals surface area (Å²) in [6, 6.07) is 6.81. The minimum absolute atomic E-state index is 0.427. The van der Waals surface area contributed by atoms with Crippen LogP contribution in [-0.4, -0.2) is 34.4 Å². The lowest BCUT2D eigenvalue weighted by Gasteiger charge is -2.27. The van der Waals surface area contributed by atoms with Crippen LogP contribution in [0, 0.1) is 0 Å². The predicted octanol–water partition coefficient (Wildman–Crippen LogP) is 2.60. The highest BCUT2D eigenvalue weighted by molar-refractivity contribution is 7.85. The maximum atomic E-state index is 11.1. The van der Waals surface area contributed by atoms with Crippen molar-refractivity contribution >= 4 is 21.5 Å². The van der Waals surface area contributed by atoms with Crippen molar-refractivity contribution in [2.45, 2.75) is 24.6 Å². The van der Waals surface area contributed by atoms with Gasteiger partial charge in [-0.3, -0.25) is 9.45 Å². The highest BCUT2D eigenvalue weighted by Gasteiger charge is 2.21. The molecule has 9 heteroatoms. The molecule has 4 heterocycles. The Labute approximate surface area is 148 Å². The zero-order valence-corrected chi connectivity index (χ0v) is 14.8. The van der Waals surface area contributed by atoms with Gasteiger partial charge in [-0.1, -0.05) is 6.07 Å². The second kappa shape index (κ2) is 6.34. The summed E-state index contributed by atoms with van der Waals surface area (Å²) in [5, 5.41) is 1.58. The topological polar surface area (TPSA) is 96.5 Å². The van der Waals surface area contributed by atoms with E-state index in [1.54, 1.807) is 17.4 Å². The van der Waals surface area contributed by atoms with E-state index in [4.69, 9.17) is 8.97 Å². The highest BCUT2D eigenvalue weighted by Crippen LogP contribution is 2.25. The molecule has 3 aromatic rings. The molecule has 3 aromatic heterocycles. The van der Waals surface area contributed by atoms with Crippen LogP contribution in [0.4, 0.5) is 0 Å². The van der Waals surface area contributed by atoms with Crippen molar-refractivity contribution in [2.24, 2.45) is 0 Å². The van der Waals surface area contributed by atoms with Gasteiger partial charge in [0.15, 0.2) is 5.82 Å². The molecule has 1 aliphatic rings. The Kier molecular flexibility index (Phi) is 4.16. The number of thiophene rings is 1. The average Bonchev–Trinajstić information content (AvgIpc) is 3.25. The van der Waals surface area contributed by atoms with Gasteiger partial charge in [0.1, 0.15) is 5.76 Å². The molecule has 0 aliphatic carbocycles. The molecule has 7 nitrogen and oxygen atoms in total. The molecule has 25 heavy (non-hydrogen) atoms. The summed E-state index contributed by atoms with van der Waals surface area (Å²) in [7, 11) is -4.30. The molecule has 0 saturated carbocycles. The van der Waals surface area contributed by atoms with Crippen molar-refractivity contribution in [1.29, 1.82) is 0 Å². The fourth-order valence-electron chi connectivity index (χ4n) is 2.84. The summed E-state index contributed by atoms with van der Waals surface area (Å²) in [5.41, 5.74) is 2.11. The molecule has 0 atom stereocenters. The van der Waals surface area contributed by atoms with Crippen LogP contribution in [0.1, 0.15) is 17.0 Å². The summed E-state index contributed by atoms with van der Waals surface area (Å²) >= 11 is 1.62. The lowest BCUT2D eigenvalue weighted by Crippen LogP contribution is -2.30. The zero-order chi connectivity index (χ0) is 17.4. The van der Waals surface area contributed by atoms with Gasteiger partial charge in [-0.25, -0.2) is 9.97 Å². The average molecular weight is 377 g/mol. The molecule has 0 radical (unpaired) electrons. The maximum absolute atomic E-state index is 11.1. The summed E-state index contributed by atoms with van der Waals surface area (Å²) in [6.45, 7) is 1.92. The lowest BCUT2D eigenvalue weighted by atomic mass is 10.1. The Balaban J connectivity index is 1.49. The van der Waals surface area contributed by atoms with E-state index >= 15 is 0 Å². The normalized spacial score (nSPS) is 15.2. The van der Waals surface area contributed by atoms with Gasteiger partial charge in [0.25, 0.3) is 0 Å². The first-order valence-electron chi connectivity index (χ1n) is 7.66. The van der Waals surface area contributed by atoms with Crippen molar-refractivity contribution in [3.63, 3.8) is 0 Å². The molecule has 4 rings (SSSR count). The SMILES string of the molecule is O=S(=O)(O)c1ccc(CN2CCc3nc(-c4cccs4)ncc3C2)o1. The third-order valence-corrected chi connectivity index (χ3v) is 5.62. The highest BCUT2D eigenvalue weighted by atomic mass is 32.2. The minimum Gasteiger partial charge on any atom is -0.446 e. The van der Waals surface area contributed by atoms with Crippen molar-refractivity contribution in [1.82, 2.24) is 14.9 Å². The fourth-order valence-corrected chi connectivity index (χ4v) is 3.95. The third-order valence-electron chi connectivity index (χ3n) is 4.03. The van der Waals surface area contributed by atoms with E-state index < -0.39 is 15.2 Å². The molecule has 1 aliphatic heterocycles. The number of hydrogen-bond acceptors (Lipinski definition) is 7. The molecule has 0 saturated heterocycles. The largest absolute Gasteiger partial charge is 0.446 e. The summed E-state index contributed by atoms with van der Waals surface area (Å²) in [6.07, 6.45) is 2.65. The second-order valence-electron chi connectivity index (χ2n) is 5.80. The first kappa shape index (κ1) is 16.4. The van der Waals surface area contributed by atoms with E-state index in [2.05, 4.69) is 14.9 Å². The first-order chi connectivity index (χ1) is 12.0. The van der Waals surface area contributed by atoms with Crippen LogP contribution in [0.2, 0.25) is 0 Å². The monoisotopic (exact) mass is 377 g/mol. The van der Waals surface area contributed by atoms with Gasteiger partial charge in [-0.05, 0) is 23.6 Å². The Hall–Kier alpha value is -2.07. The second-order valence-corrected chi connectivity index (χ2v) is 8.10. The Bertz CT molecular complexity index is 996. The van der Waals surface area contributed by atoms with Gasteiger partial charge in [0.2, 0.25) is 5.09 Å². The van der Waals surface area contributed by atoms with Crippen LogP contribution in [0.15, 0.2) is 45.4 Å². The van der Waals surface area contributed by atoms with Crippen LogP contribution in [-0.2, 0) is 29.6 Å². The first-order valence-corrected chi connectivity index (χ1v) is 9.98. The van der Waals surface area contributed by atoms with Gasteiger partial charge in [-0.2, -0.15) is 8.42 Å². The summed E-state index contributed by atoms with van der Waals surface area (Å²) in [5.74, 6) is 1.25. The van der Waals surface area contributed by atoms with Crippen molar-refractivity contribution in [2.75, 3.05) is 6.54 Å². The molecule has 0 unspecified atom stereocenters. The van der Waals surface area contributed by atoms with Crippen molar-refractivity contribution in [3.8, 4) is 10.7 Å². The Morgan fingerprint density at radius 2 is 2.20 bits per heavy atom. The van der Waals surface area contributed by atoms with Gasteiger partial charge >= 0.3 is 10.1 Å². The summed E-state index contributed by atoms with van der Waals surface area (Å²) in [4.78, 5) is 12.3. The maximum Gasteiger partial charge on any atom is 0.328 e. The molecule has 130 valence electrons. The van der Waals surface area contributed by atoms with Crippen LogP contribution >= 0.6 is 11.3 Å². The number of nitrogens with zero attached hydrogens (tertiary/aromatic N) is 3. The van der Waals surface area contributed by atoms with Crippen LogP contribution in [0.3, 0.4) is 0 Å². The van der Waals surface area contributed by atoms with E-state index in [1.165, 1.54) is 6.07 Å². The smallest absolute Gasteiger partial charge is 0.328 e. The van der Waals surface area contributed by atoms with Crippen LogP contribution < -0.4 is 0 Å². The van der Waals surface area contributed by atoms with E-state index in [0.29, 0.717) is 18.8 Å². The number of aromatic nitrogens is 2. The van der Waals surface area contributed by atoms with Crippen LogP contribution in [0.5, 0.6) is 0 Å². The zero-order valence-electron chi connectivity index (χ0n) is 13.1. The standard InChI is InChI=1S/C16H15N3O4S2/c20-25(21,22)15-4-3-12(23-15)10-19-6-5-13-11(9-19)8-17-16(18-13)14-2-1-7-24-14/h1-4,7-8H,5-6,9-10H2,(H,20,21,22). The van der Waals surface area contributed by atoms with Gasteiger partial charge in [-0.15, -0.1) is 11.3 Å². The van der Waals surface area contributed by atoms with E-state index in [1.807, 2.05) is 23.7 Å². The molecule has 0 spiro atoms. The molecule has 0 fully saturated rings. The molecular formula is C16H15N3O4S2. The molecule has 0 aromatic carbocycles. The van der Waals surface area contributed by atoms with Crippen molar-refractivity contribution < 1.29 is 17.4 Å². The van der Waals surface area contributed by atoms with Crippen molar-refractivity contribution in [3.05, 3.63) is 52.9 Å². The van der Waals surface area contributed by atoms with E-state index in [9.17, 15) is 8.42 Å². The number of hydrogen-bond donors (Lipinski definition) is 1. The lowest BCUT2D eigenvalue weighted by molar-refractivity contribution is 0.216. The van der Waals surface area contributed by atoms with Crippen LogP contribution in [0.25, 0.3) is 10.7 Å². The van der Waals surface area contributed by atoms with Gasteiger partial charge < -0.3 is 4.42 Å². The molecule has 1 N–H and O–H groups in total. The Morgan fingerprint density at radius 1 is 1.32 bits per heavy atom. The third kappa shape index (κ3) is 3.49. The quantitative estimate of drug-likeness (QED) is 0.698. The molecular weight excluding hydrogens is 362 g/mol. The molecule has 0 bridgehead atoms. The van der Waals surface area contributed by atoms with Gasteiger partial charge in [0, 0.05) is 31.3 Å². The number of fused-ring (bicyclic) bond motifs is 1. The van der Waals surface area contributed by atoms with E-state index in [-0.39, 0.29) is 0 Å². The number of furan rings is 1. The minimum atomic E-state index is -4.30. The predicted molar refractivity (Wildman–Crippen MR) is 91.7 cm³/mol. The Morgan fingerprint density at radius 3 is 2.92 bits per heavy atom. The van der Waals surface area contributed by atoms with E-state index in [0.717, 1.165) is 34.9 Å². The summed E-state index contributed by atoms with van der Waals surface area (Å²) < 4.78 is 36.3. The molecule has 0 amide bonds. The number of rotatable bonds is 4. The van der Waals surface area contributed by atoms with Gasteiger partial charge in [0.05, 0.1) is 17.1 Å². The fraction of sp³-hybridized carbons (Fsp3) is 0.250.